The number of benzene rings is 2. The summed E-state index contributed by atoms with van der Waals surface area (Å²) in [4.78, 5) is 8.84. The van der Waals surface area contributed by atoms with Crippen molar-refractivity contribution in [3.05, 3.63) is 57.9 Å². The van der Waals surface area contributed by atoms with Crippen molar-refractivity contribution >= 4 is 38.6 Å². The van der Waals surface area contributed by atoms with Crippen LogP contribution in [0.3, 0.4) is 0 Å². The molecule has 0 aliphatic carbocycles. The second-order valence-electron chi connectivity index (χ2n) is 4.68. The molecule has 1 aromatic heterocycles. The summed E-state index contributed by atoms with van der Waals surface area (Å²) in [5.41, 5.74) is 2.38. The van der Waals surface area contributed by atoms with E-state index in [9.17, 15) is 5.11 Å². The van der Waals surface area contributed by atoms with Gasteiger partial charge in [-0.15, -0.1) is 11.3 Å². The Morgan fingerprint density at radius 3 is 2.91 bits per heavy atom. The Hall–Kier alpha value is -2.18. The summed E-state index contributed by atoms with van der Waals surface area (Å²) < 4.78 is 6.24. The van der Waals surface area contributed by atoms with E-state index in [0.717, 1.165) is 21.5 Å². The lowest BCUT2D eigenvalue weighted by atomic mass is 10.1. The molecule has 0 amide bonds. The van der Waals surface area contributed by atoms with Crippen LogP contribution >= 0.6 is 27.3 Å². The van der Waals surface area contributed by atoms with Crippen molar-refractivity contribution < 1.29 is 9.84 Å². The molecule has 0 aliphatic rings. The Balaban J connectivity index is 1.88. The monoisotopic (exact) mass is 388 g/mol. The van der Waals surface area contributed by atoms with Crippen LogP contribution < -0.4 is 4.74 Å². The number of thiazole rings is 1. The maximum atomic E-state index is 9.82. The number of aromatic hydroxyl groups is 1. The van der Waals surface area contributed by atoms with E-state index in [1.54, 1.807) is 31.5 Å². The minimum atomic E-state index is 0.179. The molecule has 0 spiro atoms. The van der Waals surface area contributed by atoms with Gasteiger partial charge in [-0.25, -0.2) is 9.98 Å². The van der Waals surface area contributed by atoms with Gasteiger partial charge in [-0.1, -0.05) is 28.1 Å². The van der Waals surface area contributed by atoms with Crippen molar-refractivity contribution in [2.75, 3.05) is 7.11 Å². The van der Waals surface area contributed by atoms with Gasteiger partial charge in [0.1, 0.15) is 11.5 Å². The average Bonchev–Trinajstić information content (AvgIpc) is 3.04. The van der Waals surface area contributed by atoms with Gasteiger partial charge in [-0.3, -0.25) is 0 Å². The molecule has 1 N–H and O–H groups in total. The van der Waals surface area contributed by atoms with Gasteiger partial charge < -0.3 is 9.84 Å². The third-order valence-corrected chi connectivity index (χ3v) is 4.42. The van der Waals surface area contributed by atoms with Gasteiger partial charge in [-0.05, 0) is 30.3 Å². The first-order valence-corrected chi connectivity index (χ1v) is 8.46. The third kappa shape index (κ3) is 3.60. The number of halogens is 1. The quantitative estimate of drug-likeness (QED) is 0.637. The summed E-state index contributed by atoms with van der Waals surface area (Å²) in [5, 5.41) is 12.4. The number of hydrogen-bond acceptors (Lipinski definition) is 5. The first-order valence-electron chi connectivity index (χ1n) is 6.79. The molecule has 6 heteroatoms. The van der Waals surface area contributed by atoms with E-state index in [1.807, 2.05) is 29.6 Å². The fraction of sp³-hybridized carbons (Fsp3) is 0.0588. The summed E-state index contributed by atoms with van der Waals surface area (Å²) >= 11 is 4.81. The van der Waals surface area contributed by atoms with Crippen LogP contribution in [0.25, 0.3) is 11.3 Å². The van der Waals surface area contributed by atoms with Crippen LogP contribution in [0.2, 0.25) is 0 Å². The maximum absolute atomic E-state index is 9.82. The zero-order chi connectivity index (χ0) is 16.2. The van der Waals surface area contributed by atoms with Gasteiger partial charge in [0, 0.05) is 27.2 Å². The predicted molar refractivity (Wildman–Crippen MR) is 97.2 cm³/mol. The first kappa shape index (κ1) is 15.7. The van der Waals surface area contributed by atoms with Crippen molar-refractivity contribution in [2.24, 2.45) is 4.99 Å². The Morgan fingerprint density at radius 1 is 1.26 bits per heavy atom. The van der Waals surface area contributed by atoms with E-state index in [0.29, 0.717) is 10.7 Å². The second kappa shape index (κ2) is 6.93. The van der Waals surface area contributed by atoms with E-state index in [1.165, 1.54) is 11.3 Å². The molecular weight excluding hydrogens is 376 g/mol. The SMILES string of the molecule is COc1ccccc1-c1csc(/N=C/c2cc(Br)ccc2O)n1. The maximum Gasteiger partial charge on any atom is 0.209 e. The molecule has 0 radical (unpaired) electrons. The fourth-order valence-electron chi connectivity index (χ4n) is 2.06. The number of aromatic nitrogens is 1. The number of para-hydroxylation sites is 1. The highest BCUT2D eigenvalue weighted by molar-refractivity contribution is 9.10. The van der Waals surface area contributed by atoms with Gasteiger partial charge in [0.2, 0.25) is 5.13 Å². The standard InChI is InChI=1S/C17H13BrN2O2S/c1-22-16-5-3-2-4-13(16)14-10-23-17(20-14)19-9-11-8-12(18)6-7-15(11)21/h2-10,21H,1H3/b19-9+. The molecular formula is C17H13BrN2O2S. The first-order chi connectivity index (χ1) is 11.2. The number of methoxy groups -OCH3 is 1. The number of aliphatic imine (C=N–C) groups is 1. The van der Waals surface area contributed by atoms with Crippen molar-refractivity contribution in [1.82, 2.24) is 4.98 Å². The Labute approximate surface area is 146 Å². The van der Waals surface area contributed by atoms with Gasteiger partial charge in [-0.2, -0.15) is 0 Å². The molecule has 0 atom stereocenters. The Kier molecular flexibility index (Phi) is 4.73. The lowest BCUT2D eigenvalue weighted by Crippen LogP contribution is -1.87. The molecule has 1 heterocycles. The highest BCUT2D eigenvalue weighted by atomic mass is 79.9. The van der Waals surface area contributed by atoms with Crippen LogP contribution in [-0.2, 0) is 0 Å². The Bertz CT molecular complexity index is 861. The molecule has 3 rings (SSSR count). The molecule has 0 aliphatic heterocycles. The van der Waals surface area contributed by atoms with Crippen molar-refractivity contribution in [2.45, 2.75) is 0 Å². The van der Waals surface area contributed by atoms with E-state index in [4.69, 9.17) is 4.74 Å². The minimum Gasteiger partial charge on any atom is -0.507 e. The summed E-state index contributed by atoms with van der Waals surface area (Å²) in [7, 11) is 1.64. The molecule has 3 aromatic rings. The summed E-state index contributed by atoms with van der Waals surface area (Å²) in [6, 6.07) is 12.9. The summed E-state index contributed by atoms with van der Waals surface area (Å²) in [5.74, 6) is 0.955. The van der Waals surface area contributed by atoms with Gasteiger partial charge in [0.25, 0.3) is 0 Å². The molecule has 0 saturated heterocycles. The molecule has 0 unspecified atom stereocenters. The van der Waals surface area contributed by atoms with Crippen LogP contribution in [-0.4, -0.2) is 23.4 Å². The third-order valence-electron chi connectivity index (χ3n) is 3.18. The normalized spacial score (nSPS) is 11.0. The molecule has 0 bridgehead atoms. The van der Waals surface area contributed by atoms with Crippen molar-refractivity contribution in [1.29, 1.82) is 0 Å². The molecule has 0 fully saturated rings. The topological polar surface area (TPSA) is 54.7 Å². The smallest absolute Gasteiger partial charge is 0.209 e. The number of phenols is 1. The number of phenolic OH excluding ortho intramolecular Hbond substituents is 1. The zero-order valence-electron chi connectivity index (χ0n) is 12.2. The second-order valence-corrected chi connectivity index (χ2v) is 6.43. The van der Waals surface area contributed by atoms with E-state index in [2.05, 4.69) is 25.9 Å². The van der Waals surface area contributed by atoms with Gasteiger partial charge in [0.15, 0.2) is 0 Å². The number of hydrogen-bond donors (Lipinski definition) is 1. The predicted octanol–water partition coefficient (Wildman–Crippen LogP) is 5.04. The lowest BCUT2D eigenvalue weighted by molar-refractivity contribution is 0.416. The Morgan fingerprint density at radius 2 is 2.09 bits per heavy atom. The average molecular weight is 389 g/mol. The molecule has 23 heavy (non-hydrogen) atoms. The van der Waals surface area contributed by atoms with Gasteiger partial charge in [0.05, 0.1) is 12.8 Å². The highest BCUT2D eigenvalue weighted by Gasteiger charge is 2.09. The van der Waals surface area contributed by atoms with Crippen LogP contribution in [0.4, 0.5) is 5.13 Å². The zero-order valence-corrected chi connectivity index (χ0v) is 14.6. The van der Waals surface area contributed by atoms with Crippen LogP contribution in [0.1, 0.15) is 5.56 Å². The minimum absolute atomic E-state index is 0.179. The van der Waals surface area contributed by atoms with Crippen LogP contribution in [0.5, 0.6) is 11.5 Å². The highest BCUT2D eigenvalue weighted by Crippen LogP contribution is 2.33. The number of nitrogens with zero attached hydrogens (tertiary/aromatic N) is 2. The molecule has 4 nitrogen and oxygen atoms in total. The summed E-state index contributed by atoms with van der Waals surface area (Å²) in [6.45, 7) is 0. The lowest BCUT2D eigenvalue weighted by Gasteiger charge is -2.04. The van der Waals surface area contributed by atoms with E-state index in [-0.39, 0.29) is 5.75 Å². The van der Waals surface area contributed by atoms with E-state index >= 15 is 0 Å². The number of ether oxygens (including phenoxy) is 1. The summed E-state index contributed by atoms with van der Waals surface area (Å²) in [6.07, 6.45) is 1.60. The molecule has 0 saturated carbocycles. The van der Waals surface area contributed by atoms with Crippen molar-refractivity contribution in [3.63, 3.8) is 0 Å². The van der Waals surface area contributed by atoms with Crippen LogP contribution in [0, 0.1) is 0 Å². The van der Waals surface area contributed by atoms with E-state index < -0.39 is 0 Å². The van der Waals surface area contributed by atoms with Crippen LogP contribution in [0.15, 0.2) is 57.3 Å². The number of rotatable bonds is 4. The fourth-order valence-corrected chi connectivity index (χ4v) is 3.10. The largest absolute Gasteiger partial charge is 0.507 e. The van der Waals surface area contributed by atoms with Crippen molar-refractivity contribution in [3.8, 4) is 22.8 Å². The molecule has 2 aromatic carbocycles. The molecule has 116 valence electrons. The van der Waals surface area contributed by atoms with Gasteiger partial charge >= 0.3 is 0 Å².